The van der Waals surface area contributed by atoms with Crippen LogP contribution in [0.15, 0.2) is 41.3 Å². The van der Waals surface area contributed by atoms with Crippen LogP contribution in [0.3, 0.4) is 0 Å². The number of carboxylic acid groups (broad SMARTS) is 1. The van der Waals surface area contributed by atoms with Gasteiger partial charge in [-0.25, -0.2) is 22.9 Å². The molecule has 1 unspecified atom stereocenters. The van der Waals surface area contributed by atoms with Crippen molar-refractivity contribution in [1.29, 1.82) is 0 Å². The van der Waals surface area contributed by atoms with Gasteiger partial charge in [-0.05, 0) is 43.5 Å². The lowest BCUT2D eigenvalue weighted by Crippen LogP contribution is -2.46. The minimum atomic E-state index is -4.95. The van der Waals surface area contributed by atoms with E-state index in [2.05, 4.69) is 0 Å². The zero-order valence-electron chi connectivity index (χ0n) is 24.1. The number of phosphoric acid groups is 1. The Balaban J connectivity index is 1.26. The number of aliphatic hydroxyl groups excluding tert-OH is 1. The number of carboxylic acids is 1. The number of halogens is 2. The first-order valence-corrected chi connectivity index (χ1v) is 16.0. The summed E-state index contributed by atoms with van der Waals surface area (Å²) in [6, 6.07) is 6.15. The predicted molar refractivity (Wildman–Crippen MR) is 157 cm³/mol. The number of rotatable bonds is 10. The molecule has 46 heavy (non-hydrogen) atoms. The molecule has 0 spiro atoms. The van der Waals surface area contributed by atoms with Crippen LogP contribution in [-0.4, -0.2) is 81.7 Å². The third-order valence-corrected chi connectivity index (χ3v) is 8.85. The first-order chi connectivity index (χ1) is 21.8. The van der Waals surface area contributed by atoms with E-state index in [9.17, 15) is 38.9 Å². The molecule has 3 aromatic rings. The van der Waals surface area contributed by atoms with Crippen LogP contribution in [0.4, 0.5) is 25.0 Å². The average molecular weight is 666 g/mol. The summed E-state index contributed by atoms with van der Waals surface area (Å²) in [7, 11) is -4.95. The van der Waals surface area contributed by atoms with Crippen LogP contribution in [0.1, 0.15) is 35.7 Å². The average Bonchev–Trinajstić information content (AvgIpc) is 3.77. The fourth-order valence-corrected chi connectivity index (χ4v) is 6.54. The molecule has 3 atom stereocenters. The molecule has 2 aliphatic heterocycles. The number of carbonyl (C=O) groups is 2. The van der Waals surface area contributed by atoms with E-state index in [1.165, 1.54) is 24.4 Å². The summed E-state index contributed by atoms with van der Waals surface area (Å²) in [5, 5.41) is 18.7. The van der Waals surface area contributed by atoms with Crippen LogP contribution in [-0.2, 0) is 13.8 Å². The van der Waals surface area contributed by atoms with E-state index in [4.69, 9.17) is 14.0 Å². The number of nitrogens with zero attached hydrogens (tertiary/aromatic N) is 3. The normalized spacial score (nSPS) is 21.9. The molecule has 0 bridgehead atoms. The number of hydrogen-bond donors (Lipinski definition) is 4. The van der Waals surface area contributed by atoms with Crippen molar-refractivity contribution >= 4 is 42.2 Å². The Bertz CT molecular complexity index is 1810. The maximum Gasteiger partial charge on any atom is 0.469 e. The molecule has 1 saturated carbocycles. The van der Waals surface area contributed by atoms with Gasteiger partial charge in [-0.15, -0.1) is 0 Å². The lowest BCUT2D eigenvalue weighted by atomic mass is 9.94. The second kappa shape index (κ2) is 12.3. The third-order valence-electron chi connectivity index (χ3n) is 8.31. The summed E-state index contributed by atoms with van der Waals surface area (Å²) in [6.07, 6.45) is 0.288. The van der Waals surface area contributed by atoms with Gasteiger partial charge < -0.3 is 38.9 Å². The highest BCUT2D eigenvalue weighted by Gasteiger charge is 2.37. The van der Waals surface area contributed by atoms with Gasteiger partial charge >= 0.3 is 19.9 Å². The highest BCUT2D eigenvalue weighted by molar-refractivity contribution is 7.46. The van der Waals surface area contributed by atoms with Crippen molar-refractivity contribution < 1.29 is 56.9 Å². The molecule has 4 N–H and O–H groups in total. The minimum absolute atomic E-state index is 0.0249. The summed E-state index contributed by atoms with van der Waals surface area (Å²) >= 11 is 0. The molecular formula is C29H30F2N3O11P. The van der Waals surface area contributed by atoms with Gasteiger partial charge in [0.05, 0.1) is 42.8 Å². The number of carbonyl (C=O) groups excluding carboxylic acids is 1. The van der Waals surface area contributed by atoms with Gasteiger partial charge in [0.1, 0.15) is 17.5 Å². The number of phosphoric ester groups is 1. The van der Waals surface area contributed by atoms with Gasteiger partial charge in [-0.3, -0.25) is 14.2 Å². The largest absolute Gasteiger partial charge is 0.490 e. The van der Waals surface area contributed by atoms with Crippen molar-refractivity contribution in [2.45, 2.75) is 37.5 Å². The van der Waals surface area contributed by atoms with Gasteiger partial charge in [0, 0.05) is 42.7 Å². The Kier molecular flexibility index (Phi) is 8.50. The van der Waals surface area contributed by atoms with E-state index in [1.807, 2.05) is 0 Å². The zero-order valence-corrected chi connectivity index (χ0v) is 25.0. The number of hydrogen-bond acceptors (Lipinski definition) is 9. The number of aromatic carboxylic acids is 1. The molecule has 0 radical (unpaired) electrons. The number of amides is 1. The van der Waals surface area contributed by atoms with Crippen molar-refractivity contribution in [2.75, 3.05) is 42.6 Å². The van der Waals surface area contributed by atoms with E-state index in [-0.39, 0.29) is 61.2 Å². The van der Waals surface area contributed by atoms with Crippen LogP contribution < -0.4 is 20.0 Å². The van der Waals surface area contributed by atoms with Gasteiger partial charge in [0.25, 0.3) is 0 Å². The molecule has 1 amide bonds. The highest BCUT2D eigenvalue weighted by atomic mass is 31.2. The minimum Gasteiger partial charge on any atom is -0.490 e. The van der Waals surface area contributed by atoms with E-state index in [0.717, 1.165) is 29.9 Å². The topological polar surface area (TPSA) is 188 Å². The molecule has 1 aliphatic carbocycles. The van der Waals surface area contributed by atoms with Gasteiger partial charge in [0.2, 0.25) is 5.43 Å². The summed E-state index contributed by atoms with van der Waals surface area (Å²) in [5.41, 5.74) is -0.672. The maximum atomic E-state index is 15.6. The highest BCUT2D eigenvalue weighted by Crippen LogP contribution is 2.43. The number of anilines is 2. The van der Waals surface area contributed by atoms with Gasteiger partial charge in [0.15, 0.2) is 11.6 Å². The fraction of sp³-hybridized carbons (Fsp3) is 0.414. The second-order valence-corrected chi connectivity index (χ2v) is 12.7. The number of aromatic nitrogens is 1. The molecule has 17 heteroatoms. The number of cyclic esters (lactones) is 1. The van der Waals surface area contributed by atoms with Crippen LogP contribution in [0, 0.1) is 17.6 Å². The molecular weight excluding hydrogens is 635 g/mol. The second-order valence-electron chi connectivity index (χ2n) is 11.5. The van der Waals surface area contributed by atoms with Crippen molar-refractivity contribution in [3.05, 3.63) is 63.9 Å². The smallest absolute Gasteiger partial charge is 0.469 e. The molecule has 2 saturated heterocycles. The summed E-state index contributed by atoms with van der Waals surface area (Å²) < 4.78 is 59.7. The quantitative estimate of drug-likeness (QED) is 0.232. The van der Waals surface area contributed by atoms with Crippen LogP contribution in [0.5, 0.6) is 5.75 Å². The molecule has 14 nitrogen and oxygen atoms in total. The van der Waals surface area contributed by atoms with Crippen LogP contribution >= 0.6 is 7.82 Å². The fourth-order valence-electron chi connectivity index (χ4n) is 5.91. The third kappa shape index (κ3) is 6.44. The summed E-state index contributed by atoms with van der Waals surface area (Å²) in [6.45, 7) is -0.585. The van der Waals surface area contributed by atoms with Crippen molar-refractivity contribution in [1.82, 2.24) is 4.57 Å². The van der Waals surface area contributed by atoms with E-state index in [1.54, 1.807) is 9.47 Å². The summed E-state index contributed by atoms with van der Waals surface area (Å²) in [5.74, 6) is -4.07. The maximum absolute atomic E-state index is 15.6. The molecule has 3 fully saturated rings. The number of piperidine rings is 1. The molecule has 1 aromatic heterocycles. The number of aliphatic hydroxyl groups is 1. The Morgan fingerprint density at radius 1 is 1.07 bits per heavy atom. The number of ether oxygens (including phenoxy) is 2. The Hall–Kier alpha value is -4.08. The molecule has 3 aliphatic rings. The number of fused-ring (bicyclic) bond motifs is 1. The summed E-state index contributed by atoms with van der Waals surface area (Å²) in [4.78, 5) is 58.4. The molecule has 6 rings (SSSR count). The van der Waals surface area contributed by atoms with E-state index >= 15 is 8.78 Å². The van der Waals surface area contributed by atoms with Crippen molar-refractivity contribution in [2.24, 2.45) is 5.92 Å². The number of benzene rings is 2. The predicted octanol–water partition coefficient (Wildman–Crippen LogP) is 3.01. The zero-order chi connectivity index (χ0) is 32.9. The van der Waals surface area contributed by atoms with Gasteiger partial charge in [-0.2, -0.15) is 0 Å². The molecule has 3 heterocycles. The van der Waals surface area contributed by atoms with Crippen molar-refractivity contribution in [3.63, 3.8) is 0 Å². The Morgan fingerprint density at radius 2 is 1.83 bits per heavy atom. The van der Waals surface area contributed by atoms with E-state index in [0.29, 0.717) is 5.52 Å². The SMILES string of the molecule is O=C(O)c1cn(C2CC2)c2cc(N3CCC(OP(=O)(O)O)[C@H](COc4ccc(N5C[C@H](CO)OC5=O)cc4F)C3)c(F)cc2c1=O. The van der Waals surface area contributed by atoms with E-state index < -0.39 is 67.2 Å². The molecule has 2 aromatic carbocycles. The number of pyridine rings is 1. The lowest BCUT2D eigenvalue weighted by Gasteiger charge is -2.39. The van der Waals surface area contributed by atoms with Gasteiger partial charge in [-0.1, -0.05) is 0 Å². The Morgan fingerprint density at radius 3 is 2.46 bits per heavy atom. The first kappa shape index (κ1) is 31.9. The monoisotopic (exact) mass is 665 g/mol. The lowest BCUT2D eigenvalue weighted by molar-refractivity contribution is 0.0501. The van der Waals surface area contributed by atoms with Crippen LogP contribution in [0.2, 0.25) is 0 Å². The van der Waals surface area contributed by atoms with Crippen molar-refractivity contribution in [3.8, 4) is 5.75 Å². The molecule has 246 valence electrons. The first-order valence-electron chi connectivity index (χ1n) is 14.4. The van der Waals surface area contributed by atoms with Crippen LogP contribution in [0.25, 0.3) is 10.9 Å². The standard InChI is InChI=1S/C29H30F2N3O11P/c30-21-8-19-23(33(16-1-2-16)12-20(27(19)36)28(37)38)9-24(21)32-6-5-25(45-46(40,41)42)15(10-32)14-43-26-4-3-17(7-22(26)31)34-11-18(13-35)44-29(34)39/h3-4,7-9,12,15-16,18,25,35H,1-2,5-6,10-11,13-14H2,(H,37,38)(H2,40,41,42)/t15-,18+,25?/m0/s1. The Labute approximate surface area is 259 Å².